The van der Waals surface area contributed by atoms with Crippen LogP contribution in [0.1, 0.15) is 23.5 Å². The monoisotopic (exact) mass is 361 g/mol. The van der Waals surface area contributed by atoms with Crippen LogP contribution in [0.5, 0.6) is 0 Å². The summed E-state index contributed by atoms with van der Waals surface area (Å²) >= 11 is 0. The number of nitrogens with one attached hydrogen (secondary N) is 1. The molecule has 1 unspecified atom stereocenters. The molecule has 1 amide bonds. The molecule has 2 N–H and O–H groups in total. The van der Waals surface area contributed by atoms with Crippen molar-refractivity contribution in [1.29, 1.82) is 0 Å². The number of aliphatic carboxylic acids is 1. The van der Waals surface area contributed by atoms with E-state index in [9.17, 15) is 14.7 Å². The number of carboxylic acid groups (broad SMARTS) is 1. The highest BCUT2D eigenvalue weighted by Crippen LogP contribution is 2.44. The van der Waals surface area contributed by atoms with Crippen molar-refractivity contribution in [3.05, 3.63) is 59.7 Å². The average molecular weight is 361 g/mol. The maximum absolute atomic E-state index is 12.2. The maximum Gasteiger partial charge on any atom is 0.407 e. The molecule has 0 saturated heterocycles. The van der Waals surface area contributed by atoms with Gasteiger partial charge in [0.25, 0.3) is 0 Å². The lowest BCUT2D eigenvalue weighted by Gasteiger charge is -2.17. The van der Waals surface area contributed by atoms with Crippen LogP contribution in [0.25, 0.3) is 11.1 Å². The zero-order valence-corrected chi connectivity index (χ0v) is 14.6. The van der Waals surface area contributed by atoms with Gasteiger partial charge >= 0.3 is 12.1 Å². The number of rotatable bonds is 5. The number of ether oxygens (including phenoxy) is 1. The molecule has 5 heteroatoms. The first-order chi connectivity index (χ1) is 13.1. The standard InChI is InChI=1S/C22H19NO4/c1-2-13-11-18(13)20(21(24)25)23-22(26)27-12-19-16-9-5-3-7-14(16)15-8-4-6-10-17(15)19/h1,3-10,13,18-20H,11-12H2,(H,23,26)(H,24,25)/t13?,18-,20+/m1/s1. The van der Waals surface area contributed by atoms with Gasteiger partial charge in [0.15, 0.2) is 0 Å². The number of benzene rings is 2. The van der Waals surface area contributed by atoms with Gasteiger partial charge in [-0.15, -0.1) is 12.3 Å². The lowest BCUT2D eigenvalue weighted by atomic mass is 9.98. The minimum atomic E-state index is -1.09. The van der Waals surface area contributed by atoms with Crippen molar-refractivity contribution in [3.8, 4) is 23.5 Å². The summed E-state index contributed by atoms with van der Waals surface area (Å²) < 4.78 is 5.40. The van der Waals surface area contributed by atoms with Gasteiger partial charge in [0.1, 0.15) is 12.6 Å². The van der Waals surface area contributed by atoms with Crippen LogP contribution in [-0.4, -0.2) is 29.8 Å². The number of fused-ring (bicyclic) bond motifs is 3. The molecule has 27 heavy (non-hydrogen) atoms. The highest BCUT2D eigenvalue weighted by molar-refractivity contribution is 5.81. The second-order valence-electron chi connectivity index (χ2n) is 6.96. The molecule has 0 bridgehead atoms. The third-order valence-electron chi connectivity index (χ3n) is 5.37. The van der Waals surface area contributed by atoms with E-state index in [0.717, 1.165) is 22.3 Å². The lowest BCUT2D eigenvalue weighted by molar-refractivity contribution is -0.140. The van der Waals surface area contributed by atoms with E-state index in [2.05, 4.69) is 23.4 Å². The molecule has 2 aliphatic rings. The Kier molecular flexibility index (Phi) is 4.33. The number of hydrogen-bond acceptors (Lipinski definition) is 3. The van der Waals surface area contributed by atoms with E-state index in [1.807, 2.05) is 36.4 Å². The summed E-state index contributed by atoms with van der Waals surface area (Å²) in [7, 11) is 0. The Hall–Kier alpha value is -3.26. The van der Waals surface area contributed by atoms with Gasteiger partial charge in [-0.2, -0.15) is 0 Å². The van der Waals surface area contributed by atoms with Gasteiger partial charge in [-0.25, -0.2) is 9.59 Å². The van der Waals surface area contributed by atoms with Gasteiger partial charge in [-0.05, 0) is 28.7 Å². The molecular weight excluding hydrogens is 342 g/mol. The zero-order chi connectivity index (χ0) is 19.0. The molecule has 0 aromatic heterocycles. The summed E-state index contributed by atoms with van der Waals surface area (Å²) in [6, 6.07) is 15.1. The highest BCUT2D eigenvalue weighted by atomic mass is 16.5. The number of terminal acetylenes is 1. The van der Waals surface area contributed by atoms with Crippen LogP contribution >= 0.6 is 0 Å². The van der Waals surface area contributed by atoms with Crippen LogP contribution in [0.15, 0.2) is 48.5 Å². The first-order valence-corrected chi connectivity index (χ1v) is 8.90. The SMILES string of the molecule is C#CC1C[C@H]1[C@H](NC(=O)OCC1c2ccccc2-c2ccccc21)C(=O)O. The molecule has 0 heterocycles. The number of amides is 1. The molecule has 4 rings (SSSR count). The van der Waals surface area contributed by atoms with Crippen molar-refractivity contribution >= 4 is 12.1 Å². The van der Waals surface area contributed by atoms with Gasteiger partial charge in [0.05, 0.1) is 0 Å². The van der Waals surface area contributed by atoms with E-state index < -0.39 is 18.1 Å². The van der Waals surface area contributed by atoms with Gasteiger partial charge in [0, 0.05) is 17.8 Å². The maximum atomic E-state index is 12.2. The molecule has 2 aliphatic carbocycles. The lowest BCUT2D eigenvalue weighted by Crippen LogP contribution is -2.43. The summed E-state index contributed by atoms with van der Waals surface area (Å²) in [4.78, 5) is 23.6. The normalized spacial score (nSPS) is 20.7. The molecule has 2 aromatic carbocycles. The van der Waals surface area contributed by atoms with Crippen LogP contribution in [-0.2, 0) is 9.53 Å². The summed E-state index contributed by atoms with van der Waals surface area (Å²) in [5.41, 5.74) is 4.49. The van der Waals surface area contributed by atoms with Crippen LogP contribution in [0.4, 0.5) is 4.79 Å². The smallest absolute Gasteiger partial charge is 0.407 e. The molecule has 2 aromatic rings. The van der Waals surface area contributed by atoms with E-state index >= 15 is 0 Å². The summed E-state index contributed by atoms with van der Waals surface area (Å²) in [6.07, 6.45) is 5.22. The fraction of sp³-hybridized carbons (Fsp3) is 0.273. The summed E-state index contributed by atoms with van der Waals surface area (Å²) in [5.74, 6) is 1.06. The van der Waals surface area contributed by atoms with Gasteiger partial charge in [-0.1, -0.05) is 48.5 Å². The van der Waals surface area contributed by atoms with Crippen molar-refractivity contribution in [2.75, 3.05) is 6.61 Å². The van der Waals surface area contributed by atoms with E-state index in [1.54, 1.807) is 0 Å². The van der Waals surface area contributed by atoms with Crippen LogP contribution in [0, 0.1) is 24.2 Å². The molecule has 136 valence electrons. The molecule has 3 atom stereocenters. The van der Waals surface area contributed by atoms with Gasteiger partial charge in [-0.3, -0.25) is 0 Å². The Balaban J connectivity index is 1.45. The molecule has 1 fully saturated rings. The van der Waals surface area contributed by atoms with Gasteiger partial charge in [0.2, 0.25) is 0 Å². The fourth-order valence-electron chi connectivity index (χ4n) is 3.89. The fourth-order valence-corrected chi connectivity index (χ4v) is 3.89. The number of hydrogen-bond donors (Lipinski definition) is 2. The quantitative estimate of drug-likeness (QED) is 0.802. The molecule has 5 nitrogen and oxygen atoms in total. The number of alkyl carbamates (subject to hydrolysis) is 1. The first kappa shape index (κ1) is 17.2. The van der Waals surface area contributed by atoms with E-state index in [0.29, 0.717) is 6.42 Å². The zero-order valence-electron chi connectivity index (χ0n) is 14.6. The van der Waals surface area contributed by atoms with Crippen LogP contribution < -0.4 is 5.32 Å². The predicted molar refractivity (Wildman–Crippen MR) is 100 cm³/mol. The van der Waals surface area contributed by atoms with Crippen LogP contribution in [0.2, 0.25) is 0 Å². The third-order valence-corrected chi connectivity index (χ3v) is 5.37. The Morgan fingerprint density at radius 3 is 2.26 bits per heavy atom. The largest absolute Gasteiger partial charge is 0.480 e. The van der Waals surface area contributed by atoms with Gasteiger partial charge < -0.3 is 15.2 Å². The molecule has 0 radical (unpaired) electrons. The predicted octanol–water partition coefficient (Wildman–Crippen LogP) is 3.25. The number of carbonyl (C=O) groups is 2. The second kappa shape index (κ2) is 6.81. The Morgan fingerprint density at radius 1 is 1.15 bits per heavy atom. The van der Waals surface area contributed by atoms with Crippen LogP contribution in [0.3, 0.4) is 0 Å². The molecule has 0 spiro atoms. The summed E-state index contributed by atoms with van der Waals surface area (Å²) in [6.45, 7) is 0.148. The minimum absolute atomic E-state index is 0.0641. The van der Waals surface area contributed by atoms with Crippen molar-refractivity contribution in [3.63, 3.8) is 0 Å². The van der Waals surface area contributed by atoms with Crippen molar-refractivity contribution < 1.29 is 19.4 Å². The molecule has 1 saturated carbocycles. The summed E-state index contributed by atoms with van der Waals surface area (Å²) in [5, 5.41) is 11.8. The Morgan fingerprint density at radius 2 is 1.74 bits per heavy atom. The topological polar surface area (TPSA) is 75.6 Å². The van der Waals surface area contributed by atoms with Crippen molar-refractivity contribution in [2.45, 2.75) is 18.4 Å². The second-order valence-corrected chi connectivity index (χ2v) is 6.96. The third kappa shape index (κ3) is 3.15. The molecular formula is C22H19NO4. The van der Waals surface area contributed by atoms with Crippen molar-refractivity contribution in [2.24, 2.45) is 11.8 Å². The Bertz CT molecular complexity index is 900. The number of carbonyl (C=O) groups excluding carboxylic acids is 1. The average Bonchev–Trinajstić information content (AvgIpc) is 3.39. The molecule has 0 aliphatic heterocycles. The highest BCUT2D eigenvalue weighted by Gasteiger charge is 2.46. The van der Waals surface area contributed by atoms with E-state index in [-0.39, 0.29) is 24.4 Å². The number of carboxylic acids is 1. The minimum Gasteiger partial charge on any atom is -0.480 e. The van der Waals surface area contributed by atoms with E-state index in [4.69, 9.17) is 11.2 Å². The first-order valence-electron chi connectivity index (χ1n) is 8.90. The Labute approximate surface area is 157 Å². The van der Waals surface area contributed by atoms with E-state index in [1.165, 1.54) is 0 Å². The van der Waals surface area contributed by atoms with Crippen molar-refractivity contribution in [1.82, 2.24) is 5.32 Å².